The van der Waals surface area contributed by atoms with Crippen LogP contribution in [0.1, 0.15) is 37.8 Å². The van der Waals surface area contributed by atoms with Gasteiger partial charge in [-0.15, -0.1) is 0 Å². The first kappa shape index (κ1) is 27.7. The van der Waals surface area contributed by atoms with E-state index in [2.05, 4.69) is 10.6 Å². The molecule has 0 saturated heterocycles. The second-order valence-corrected chi connectivity index (χ2v) is 8.97. The summed E-state index contributed by atoms with van der Waals surface area (Å²) in [5.41, 5.74) is 6.76. The highest BCUT2D eigenvalue weighted by Gasteiger charge is 2.28. The van der Waals surface area contributed by atoms with Crippen molar-refractivity contribution in [2.75, 3.05) is 20.8 Å². The highest BCUT2D eigenvalue weighted by molar-refractivity contribution is 5.91. The van der Waals surface area contributed by atoms with Gasteiger partial charge in [0.05, 0.1) is 26.7 Å². The number of hydrogen-bond acceptors (Lipinski definition) is 7. The molecule has 0 heterocycles. The molecule has 0 spiro atoms. The van der Waals surface area contributed by atoms with Crippen LogP contribution in [-0.2, 0) is 31.0 Å². The minimum Gasteiger partial charge on any atom is -0.504 e. The van der Waals surface area contributed by atoms with E-state index in [0.29, 0.717) is 18.7 Å². The molecule has 2 atom stereocenters. The Morgan fingerprint density at radius 3 is 2.31 bits per heavy atom. The molecule has 190 valence electrons. The maximum atomic E-state index is 13.0. The van der Waals surface area contributed by atoms with E-state index in [1.54, 1.807) is 12.1 Å². The summed E-state index contributed by atoms with van der Waals surface area (Å²) in [6.45, 7) is 4.39. The van der Waals surface area contributed by atoms with Crippen molar-refractivity contribution in [2.45, 2.75) is 50.6 Å². The fourth-order valence-corrected chi connectivity index (χ4v) is 3.73. The summed E-state index contributed by atoms with van der Waals surface area (Å²) in [6.07, 6.45) is 0.608. The lowest BCUT2D eigenvalue weighted by Crippen LogP contribution is -2.52. The smallest absolute Gasteiger partial charge is 0.328 e. The molecular formula is C26H35N3O6. The second kappa shape index (κ2) is 12.8. The third kappa shape index (κ3) is 8.29. The van der Waals surface area contributed by atoms with Gasteiger partial charge in [0, 0.05) is 6.42 Å². The predicted molar refractivity (Wildman–Crippen MR) is 132 cm³/mol. The topological polar surface area (TPSA) is 140 Å². The molecule has 2 aromatic rings. The summed E-state index contributed by atoms with van der Waals surface area (Å²) in [4.78, 5) is 36.9. The number of carbonyl (C=O) groups is 3. The number of hydrogen-bond donors (Lipinski definition) is 4. The zero-order valence-corrected chi connectivity index (χ0v) is 20.7. The van der Waals surface area contributed by atoms with Crippen molar-refractivity contribution < 1.29 is 29.0 Å². The molecule has 0 unspecified atom stereocenters. The average Bonchev–Trinajstić information content (AvgIpc) is 2.82. The van der Waals surface area contributed by atoms with Gasteiger partial charge < -0.3 is 30.9 Å². The lowest BCUT2D eigenvalue weighted by molar-refractivity contribution is -0.145. The number of methoxy groups -OCH3 is 2. The number of phenolic OH excluding ortho intramolecular Hbond substituents is 1. The Morgan fingerprint density at radius 1 is 1.06 bits per heavy atom. The van der Waals surface area contributed by atoms with Crippen molar-refractivity contribution in [3.8, 4) is 11.5 Å². The molecule has 0 bridgehead atoms. The SMILES string of the molecule is COC(=O)[C@H](Cc1ccccc1)NC(=O)[C@H](CC(N)=O)NCCC(C)(C)c1ccc(OC)c(O)c1. The molecule has 9 nitrogen and oxygen atoms in total. The quantitative estimate of drug-likeness (QED) is 0.317. The summed E-state index contributed by atoms with van der Waals surface area (Å²) in [5.74, 6) is -1.31. The predicted octanol–water partition coefficient (Wildman–Crippen LogP) is 1.80. The number of nitrogens with two attached hydrogens (primary N) is 1. The van der Waals surface area contributed by atoms with Gasteiger partial charge in [-0.05, 0) is 41.6 Å². The Bertz CT molecular complexity index is 1010. The highest BCUT2D eigenvalue weighted by Crippen LogP contribution is 2.34. The molecule has 35 heavy (non-hydrogen) atoms. The number of amides is 2. The Hall–Kier alpha value is -3.59. The van der Waals surface area contributed by atoms with Gasteiger partial charge in [-0.3, -0.25) is 9.59 Å². The van der Waals surface area contributed by atoms with E-state index in [1.165, 1.54) is 14.2 Å². The molecule has 0 aromatic heterocycles. The van der Waals surface area contributed by atoms with Gasteiger partial charge in [0.1, 0.15) is 6.04 Å². The number of esters is 1. The first-order valence-corrected chi connectivity index (χ1v) is 11.4. The van der Waals surface area contributed by atoms with Crippen molar-refractivity contribution in [1.29, 1.82) is 0 Å². The number of ether oxygens (including phenoxy) is 2. The van der Waals surface area contributed by atoms with Gasteiger partial charge in [-0.25, -0.2) is 4.79 Å². The minimum atomic E-state index is -0.921. The molecule has 0 fully saturated rings. The van der Waals surface area contributed by atoms with Crippen molar-refractivity contribution in [2.24, 2.45) is 5.73 Å². The first-order chi connectivity index (χ1) is 16.6. The lowest BCUT2D eigenvalue weighted by Gasteiger charge is -2.27. The number of rotatable bonds is 13. The van der Waals surface area contributed by atoms with Crippen LogP contribution in [0.2, 0.25) is 0 Å². The van der Waals surface area contributed by atoms with Crippen LogP contribution in [-0.4, -0.2) is 55.7 Å². The van der Waals surface area contributed by atoms with Crippen LogP contribution in [0.4, 0.5) is 0 Å². The number of primary amides is 1. The fourth-order valence-electron chi connectivity index (χ4n) is 3.73. The normalized spacial score (nSPS) is 12.9. The summed E-state index contributed by atoms with van der Waals surface area (Å²) in [5, 5.41) is 15.9. The molecule has 9 heteroatoms. The van der Waals surface area contributed by atoms with Crippen molar-refractivity contribution in [1.82, 2.24) is 10.6 Å². The number of nitrogens with one attached hydrogen (secondary N) is 2. The van der Waals surface area contributed by atoms with Gasteiger partial charge in [0.25, 0.3) is 0 Å². The van der Waals surface area contributed by atoms with Crippen LogP contribution in [0, 0.1) is 0 Å². The van der Waals surface area contributed by atoms with Crippen LogP contribution in [0.3, 0.4) is 0 Å². The Balaban J connectivity index is 2.06. The van der Waals surface area contributed by atoms with Crippen LogP contribution in [0.25, 0.3) is 0 Å². The first-order valence-electron chi connectivity index (χ1n) is 11.4. The Labute approximate surface area is 206 Å². The van der Waals surface area contributed by atoms with Crippen LogP contribution >= 0.6 is 0 Å². The van der Waals surface area contributed by atoms with E-state index >= 15 is 0 Å². The van der Waals surface area contributed by atoms with E-state index < -0.39 is 29.9 Å². The van der Waals surface area contributed by atoms with Gasteiger partial charge >= 0.3 is 5.97 Å². The van der Waals surface area contributed by atoms with Gasteiger partial charge in [0.2, 0.25) is 11.8 Å². The largest absolute Gasteiger partial charge is 0.504 e. The summed E-state index contributed by atoms with van der Waals surface area (Å²) >= 11 is 0. The number of phenols is 1. The van der Waals surface area contributed by atoms with E-state index in [4.69, 9.17) is 15.2 Å². The third-order valence-corrected chi connectivity index (χ3v) is 5.91. The monoisotopic (exact) mass is 485 g/mol. The van der Waals surface area contributed by atoms with Gasteiger partial charge in [0.15, 0.2) is 11.5 Å². The van der Waals surface area contributed by atoms with Crippen molar-refractivity contribution >= 4 is 17.8 Å². The lowest BCUT2D eigenvalue weighted by atomic mass is 9.81. The highest BCUT2D eigenvalue weighted by atomic mass is 16.5. The van der Waals surface area contributed by atoms with E-state index in [0.717, 1.165) is 11.1 Å². The molecular weight excluding hydrogens is 450 g/mol. The maximum absolute atomic E-state index is 13.0. The molecule has 0 aliphatic heterocycles. The molecule has 0 aliphatic carbocycles. The van der Waals surface area contributed by atoms with E-state index in [-0.39, 0.29) is 24.0 Å². The zero-order valence-electron chi connectivity index (χ0n) is 20.7. The molecule has 0 aliphatic rings. The van der Waals surface area contributed by atoms with Crippen LogP contribution in [0.5, 0.6) is 11.5 Å². The van der Waals surface area contributed by atoms with E-state index in [1.807, 2.05) is 50.2 Å². The molecule has 5 N–H and O–H groups in total. The molecule has 0 saturated carbocycles. The number of benzene rings is 2. The van der Waals surface area contributed by atoms with Gasteiger partial charge in [-0.2, -0.15) is 0 Å². The number of aromatic hydroxyl groups is 1. The van der Waals surface area contributed by atoms with Crippen LogP contribution in [0.15, 0.2) is 48.5 Å². The van der Waals surface area contributed by atoms with E-state index in [9.17, 15) is 19.5 Å². The molecule has 2 rings (SSSR count). The third-order valence-electron chi connectivity index (χ3n) is 5.91. The zero-order chi connectivity index (χ0) is 26.0. The molecule has 2 amide bonds. The van der Waals surface area contributed by atoms with Crippen LogP contribution < -0.4 is 21.1 Å². The average molecular weight is 486 g/mol. The minimum absolute atomic E-state index is 0.0456. The number of carbonyl (C=O) groups excluding carboxylic acids is 3. The molecule has 2 aromatic carbocycles. The summed E-state index contributed by atoms with van der Waals surface area (Å²) < 4.78 is 9.95. The standard InChI is InChI=1S/C26H35N3O6/c1-26(2,18-10-11-22(34-3)21(30)15-18)12-13-28-19(16-23(27)31)24(32)29-20(25(33)35-4)14-17-8-6-5-7-9-17/h5-11,15,19-20,28,30H,12-14,16H2,1-4H3,(H2,27,31)(H,29,32)/t19-,20-/m0/s1. The summed E-state index contributed by atoms with van der Waals surface area (Å²) in [6, 6.07) is 12.6. The van der Waals surface area contributed by atoms with Crippen molar-refractivity contribution in [3.63, 3.8) is 0 Å². The van der Waals surface area contributed by atoms with Gasteiger partial charge in [-0.1, -0.05) is 50.2 Å². The second-order valence-electron chi connectivity index (χ2n) is 8.97. The van der Waals surface area contributed by atoms with Crippen molar-refractivity contribution in [3.05, 3.63) is 59.7 Å². The molecule has 0 radical (unpaired) electrons. The fraction of sp³-hybridized carbons (Fsp3) is 0.423. The maximum Gasteiger partial charge on any atom is 0.328 e. The summed E-state index contributed by atoms with van der Waals surface area (Å²) in [7, 11) is 2.74. The Kier molecular flexibility index (Phi) is 10.1. The Morgan fingerprint density at radius 2 is 1.74 bits per heavy atom.